The normalized spacial score (nSPS) is 13.6. The largest absolute Gasteiger partial charge is 0.468 e. The summed E-state index contributed by atoms with van der Waals surface area (Å²) in [6, 6.07) is 2.85. The van der Waals surface area contributed by atoms with E-state index in [9.17, 15) is 13.2 Å². The summed E-state index contributed by atoms with van der Waals surface area (Å²) >= 11 is 0. The van der Waals surface area contributed by atoms with Crippen LogP contribution in [0.15, 0.2) is 18.3 Å². The lowest BCUT2D eigenvalue weighted by Crippen LogP contribution is -2.19. The van der Waals surface area contributed by atoms with E-state index in [1.165, 1.54) is 12.3 Å². The number of rotatable bonds is 4. The van der Waals surface area contributed by atoms with Gasteiger partial charge in [-0.2, -0.15) is 13.2 Å². The first-order valence-electron chi connectivity index (χ1n) is 4.83. The van der Waals surface area contributed by atoms with Crippen LogP contribution in [-0.2, 0) is 0 Å². The molecule has 1 rings (SSSR count). The van der Waals surface area contributed by atoms with Crippen LogP contribution in [0, 0.1) is 0 Å². The molecule has 3 nitrogen and oxygen atoms in total. The lowest BCUT2D eigenvalue weighted by Gasteiger charge is -2.10. The van der Waals surface area contributed by atoms with Crippen molar-refractivity contribution >= 4 is 0 Å². The molecule has 0 aliphatic heterocycles. The first-order chi connectivity index (χ1) is 7.42. The Balaban J connectivity index is 2.58. The summed E-state index contributed by atoms with van der Waals surface area (Å²) in [5, 5.41) is 0. The standard InChI is InChI=1S/C10H13F3N2O/c1-2-8(14)7-3-4-9(15-5-7)16-6-10(11,12)13/h3-5,8H,2,6,14H2,1H3. The van der Waals surface area contributed by atoms with E-state index in [1.54, 1.807) is 6.07 Å². The van der Waals surface area contributed by atoms with Crippen molar-refractivity contribution in [3.63, 3.8) is 0 Å². The quantitative estimate of drug-likeness (QED) is 0.870. The molecule has 0 saturated heterocycles. The first kappa shape index (κ1) is 12.8. The molecule has 1 unspecified atom stereocenters. The van der Waals surface area contributed by atoms with Gasteiger partial charge in [0.15, 0.2) is 6.61 Å². The second-order valence-corrected chi connectivity index (χ2v) is 3.35. The lowest BCUT2D eigenvalue weighted by molar-refractivity contribution is -0.154. The molecule has 0 aromatic carbocycles. The Hall–Kier alpha value is -1.30. The molecule has 1 aromatic rings. The molecule has 0 aliphatic rings. The molecule has 0 bridgehead atoms. The SMILES string of the molecule is CCC(N)c1ccc(OCC(F)(F)F)nc1. The van der Waals surface area contributed by atoms with Crippen molar-refractivity contribution in [2.45, 2.75) is 25.6 Å². The van der Waals surface area contributed by atoms with Gasteiger partial charge in [0.05, 0.1) is 0 Å². The fraction of sp³-hybridized carbons (Fsp3) is 0.500. The molecule has 1 heterocycles. The van der Waals surface area contributed by atoms with Crippen molar-refractivity contribution in [3.05, 3.63) is 23.9 Å². The molecule has 2 N–H and O–H groups in total. The Morgan fingerprint density at radius 1 is 1.44 bits per heavy atom. The maximum Gasteiger partial charge on any atom is 0.422 e. The van der Waals surface area contributed by atoms with Gasteiger partial charge in [0.25, 0.3) is 0 Å². The topological polar surface area (TPSA) is 48.1 Å². The fourth-order valence-corrected chi connectivity index (χ4v) is 1.09. The number of pyridine rings is 1. The highest BCUT2D eigenvalue weighted by Crippen LogP contribution is 2.18. The smallest absolute Gasteiger partial charge is 0.422 e. The summed E-state index contributed by atoms with van der Waals surface area (Å²) in [4.78, 5) is 3.75. The summed E-state index contributed by atoms with van der Waals surface area (Å²) in [7, 11) is 0. The number of aromatic nitrogens is 1. The molecule has 1 aromatic heterocycles. The molecular formula is C10H13F3N2O. The van der Waals surface area contributed by atoms with E-state index >= 15 is 0 Å². The minimum atomic E-state index is -4.35. The zero-order valence-electron chi connectivity index (χ0n) is 8.79. The van der Waals surface area contributed by atoms with Gasteiger partial charge in [-0.05, 0) is 12.0 Å². The van der Waals surface area contributed by atoms with E-state index in [2.05, 4.69) is 9.72 Å². The van der Waals surface area contributed by atoms with Crippen molar-refractivity contribution in [2.24, 2.45) is 5.73 Å². The molecular weight excluding hydrogens is 221 g/mol. The Kier molecular flexibility index (Phi) is 4.12. The molecule has 0 radical (unpaired) electrons. The molecule has 0 aliphatic carbocycles. The lowest BCUT2D eigenvalue weighted by atomic mass is 10.1. The molecule has 0 amide bonds. The van der Waals surface area contributed by atoms with Gasteiger partial charge in [-0.15, -0.1) is 0 Å². The predicted octanol–water partition coefficient (Wildman–Crippen LogP) is 2.43. The summed E-state index contributed by atoms with van der Waals surface area (Å²) in [5.41, 5.74) is 6.51. The van der Waals surface area contributed by atoms with Gasteiger partial charge in [-0.25, -0.2) is 4.98 Å². The van der Waals surface area contributed by atoms with E-state index in [4.69, 9.17) is 5.73 Å². The van der Waals surface area contributed by atoms with E-state index in [0.717, 1.165) is 12.0 Å². The van der Waals surface area contributed by atoms with Gasteiger partial charge in [0, 0.05) is 18.3 Å². The van der Waals surface area contributed by atoms with Crippen molar-refractivity contribution in [2.75, 3.05) is 6.61 Å². The number of ether oxygens (including phenoxy) is 1. The molecule has 6 heteroatoms. The third-order valence-electron chi connectivity index (χ3n) is 2.01. The summed E-state index contributed by atoms with van der Waals surface area (Å²) < 4.78 is 40.0. The third kappa shape index (κ3) is 4.06. The van der Waals surface area contributed by atoms with E-state index < -0.39 is 12.8 Å². The monoisotopic (exact) mass is 234 g/mol. The molecule has 0 fully saturated rings. The average Bonchev–Trinajstić information content (AvgIpc) is 2.25. The molecule has 1 atom stereocenters. The third-order valence-corrected chi connectivity index (χ3v) is 2.01. The van der Waals surface area contributed by atoms with Gasteiger partial charge in [0.1, 0.15) is 0 Å². The summed E-state index contributed by atoms with van der Waals surface area (Å²) in [6.45, 7) is 0.581. The summed E-state index contributed by atoms with van der Waals surface area (Å²) in [6.07, 6.45) is -2.18. The number of halogens is 3. The van der Waals surface area contributed by atoms with Crippen molar-refractivity contribution < 1.29 is 17.9 Å². The number of hydrogen-bond donors (Lipinski definition) is 1. The Morgan fingerprint density at radius 3 is 2.56 bits per heavy atom. The van der Waals surface area contributed by atoms with Crippen LogP contribution in [0.5, 0.6) is 5.88 Å². The van der Waals surface area contributed by atoms with E-state index in [-0.39, 0.29) is 11.9 Å². The average molecular weight is 234 g/mol. The molecule has 90 valence electrons. The number of hydrogen-bond acceptors (Lipinski definition) is 3. The van der Waals surface area contributed by atoms with Crippen molar-refractivity contribution in [1.82, 2.24) is 4.98 Å². The maximum atomic E-state index is 11.8. The predicted molar refractivity (Wildman–Crippen MR) is 53.0 cm³/mol. The van der Waals surface area contributed by atoms with Crippen LogP contribution in [0.4, 0.5) is 13.2 Å². The van der Waals surface area contributed by atoms with Gasteiger partial charge in [-0.1, -0.05) is 13.0 Å². The van der Waals surface area contributed by atoms with E-state index in [1.807, 2.05) is 6.92 Å². The van der Waals surface area contributed by atoms with Crippen molar-refractivity contribution in [3.8, 4) is 5.88 Å². The highest BCUT2D eigenvalue weighted by atomic mass is 19.4. The Morgan fingerprint density at radius 2 is 2.12 bits per heavy atom. The van der Waals surface area contributed by atoms with Gasteiger partial charge < -0.3 is 10.5 Å². The highest BCUT2D eigenvalue weighted by molar-refractivity contribution is 5.20. The van der Waals surface area contributed by atoms with Crippen molar-refractivity contribution in [1.29, 1.82) is 0 Å². The second kappa shape index (κ2) is 5.16. The van der Waals surface area contributed by atoms with Crippen LogP contribution in [0.1, 0.15) is 24.9 Å². The van der Waals surface area contributed by atoms with Gasteiger partial charge >= 0.3 is 6.18 Å². The molecule has 0 spiro atoms. The van der Waals surface area contributed by atoms with Gasteiger partial charge in [0.2, 0.25) is 5.88 Å². The Labute approximate surface area is 91.4 Å². The minimum absolute atomic E-state index is 0.0515. The van der Waals surface area contributed by atoms with Crippen LogP contribution in [-0.4, -0.2) is 17.8 Å². The first-order valence-corrected chi connectivity index (χ1v) is 4.83. The fourth-order valence-electron chi connectivity index (χ4n) is 1.09. The van der Waals surface area contributed by atoms with Crippen LogP contribution in [0.25, 0.3) is 0 Å². The van der Waals surface area contributed by atoms with Crippen LogP contribution in [0.2, 0.25) is 0 Å². The van der Waals surface area contributed by atoms with Crippen LogP contribution < -0.4 is 10.5 Å². The van der Waals surface area contributed by atoms with E-state index in [0.29, 0.717) is 0 Å². The minimum Gasteiger partial charge on any atom is -0.468 e. The molecule has 16 heavy (non-hydrogen) atoms. The zero-order valence-corrected chi connectivity index (χ0v) is 8.79. The Bertz CT molecular complexity index is 324. The number of nitrogens with two attached hydrogens (primary N) is 1. The maximum absolute atomic E-state index is 11.8. The summed E-state index contributed by atoms with van der Waals surface area (Å²) in [5.74, 6) is -0.0515. The van der Waals surface area contributed by atoms with Gasteiger partial charge in [-0.3, -0.25) is 0 Å². The van der Waals surface area contributed by atoms with Crippen LogP contribution >= 0.6 is 0 Å². The second-order valence-electron chi connectivity index (χ2n) is 3.35. The zero-order chi connectivity index (χ0) is 12.2. The number of alkyl halides is 3. The number of nitrogens with zero attached hydrogens (tertiary/aromatic N) is 1. The highest BCUT2D eigenvalue weighted by Gasteiger charge is 2.28. The van der Waals surface area contributed by atoms with Crippen LogP contribution in [0.3, 0.4) is 0 Å². The molecule has 0 saturated carbocycles.